The Hall–Kier alpha value is -1.73. The SMILES string of the molecule is COc1ccc(C#N)c(NCC(C)(C)CN(C)C)c1. The fourth-order valence-corrected chi connectivity index (χ4v) is 2.14. The summed E-state index contributed by atoms with van der Waals surface area (Å²) >= 11 is 0. The second kappa shape index (κ2) is 6.44. The quantitative estimate of drug-likeness (QED) is 0.855. The summed E-state index contributed by atoms with van der Waals surface area (Å²) in [5.74, 6) is 0.756. The van der Waals surface area contributed by atoms with Gasteiger partial charge in [0, 0.05) is 19.2 Å². The Bertz CT molecular complexity index is 461. The molecule has 0 saturated carbocycles. The summed E-state index contributed by atoms with van der Waals surface area (Å²) < 4.78 is 5.19. The van der Waals surface area contributed by atoms with Crippen molar-refractivity contribution in [3.63, 3.8) is 0 Å². The fourth-order valence-electron chi connectivity index (χ4n) is 2.14. The van der Waals surface area contributed by atoms with Gasteiger partial charge in [0.25, 0.3) is 0 Å². The van der Waals surface area contributed by atoms with Crippen LogP contribution in [0, 0.1) is 16.7 Å². The maximum atomic E-state index is 9.12. The molecule has 0 unspecified atom stereocenters. The number of nitrogens with zero attached hydrogens (tertiary/aromatic N) is 2. The minimum Gasteiger partial charge on any atom is -0.497 e. The van der Waals surface area contributed by atoms with Crippen molar-refractivity contribution in [2.45, 2.75) is 13.8 Å². The van der Waals surface area contributed by atoms with Crippen molar-refractivity contribution in [1.29, 1.82) is 5.26 Å². The molecule has 1 N–H and O–H groups in total. The van der Waals surface area contributed by atoms with E-state index in [1.807, 2.05) is 6.07 Å². The highest BCUT2D eigenvalue weighted by atomic mass is 16.5. The molecule has 0 bridgehead atoms. The van der Waals surface area contributed by atoms with E-state index in [-0.39, 0.29) is 5.41 Å². The minimum absolute atomic E-state index is 0.124. The first-order valence-corrected chi connectivity index (χ1v) is 6.35. The lowest BCUT2D eigenvalue weighted by atomic mass is 9.92. The largest absolute Gasteiger partial charge is 0.497 e. The van der Waals surface area contributed by atoms with Crippen molar-refractivity contribution >= 4 is 5.69 Å². The van der Waals surface area contributed by atoms with Crippen molar-refractivity contribution in [2.75, 3.05) is 39.6 Å². The zero-order valence-electron chi connectivity index (χ0n) is 12.4. The Morgan fingerprint density at radius 2 is 2.05 bits per heavy atom. The van der Waals surface area contributed by atoms with Crippen LogP contribution in [0.25, 0.3) is 0 Å². The maximum absolute atomic E-state index is 9.12. The number of nitrogens with one attached hydrogen (secondary N) is 1. The number of hydrogen-bond acceptors (Lipinski definition) is 4. The van der Waals surface area contributed by atoms with E-state index >= 15 is 0 Å². The molecule has 0 fully saturated rings. The second-order valence-electron chi connectivity index (χ2n) is 5.78. The van der Waals surface area contributed by atoms with E-state index in [1.165, 1.54) is 0 Å². The number of ether oxygens (including phenoxy) is 1. The molecule has 0 heterocycles. The highest BCUT2D eigenvalue weighted by Gasteiger charge is 2.19. The first-order valence-electron chi connectivity index (χ1n) is 6.35. The zero-order valence-corrected chi connectivity index (χ0v) is 12.4. The third-order valence-corrected chi connectivity index (χ3v) is 2.85. The van der Waals surface area contributed by atoms with Crippen LogP contribution in [0.5, 0.6) is 5.75 Å². The van der Waals surface area contributed by atoms with Crippen molar-refractivity contribution in [3.05, 3.63) is 23.8 Å². The number of methoxy groups -OCH3 is 1. The van der Waals surface area contributed by atoms with Crippen molar-refractivity contribution in [3.8, 4) is 11.8 Å². The molecular formula is C15H23N3O. The summed E-state index contributed by atoms with van der Waals surface area (Å²) in [5.41, 5.74) is 1.59. The van der Waals surface area contributed by atoms with Crippen LogP contribution in [0.1, 0.15) is 19.4 Å². The molecule has 1 rings (SSSR count). The van der Waals surface area contributed by atoms with Gasteiger partial charge >= 0.3 is 0 Å². The smallest absolute Gasteiger partial charge is 0.121 e. The van der Waals surface area contributed by atoms with Gasteiger partial charge in [0.15, 0.2) is 0 Å². The number of benzene rings is 1. The van der Waals surface area contributed by atoms with Crippen LogP contribution in [-0.4, -0.2) is 39.2 Å². The summed E-state index contributed by atoms with van der Waals surface area (Å²) in [6.45, 7) is 6.18. The highest BCUT2D eigenvalue weighted by molar-refractivity contribution is 5.60. The lowest BCUT2D eigenvalue weighted by Crippen LogP contribution is -2.34. The summed E-state index contributed by atoms with van der Waals surface area (Å²) in [5, 5.41) is 12.5. The van der Waals surface area contributed by atoms with Crippen LogP contribution in [0.3, 0.4) is 0 Å². The van der Waals surface area contributed by atoms with E-state index in [9.17, 15) is 0 Å². The van der Waals surface area contributed by atoms with E-state index in [1.54, 1.807) is 19.2 Å². The second-order valence-corrected chi connectivity index (χ2v) is 5.78. The third-order valence-electron chi connectivity index (χ3n) is 2.85. The summed E-state index contributed by atoms with van der Waals surface area (Å²) in [6.07, 6.45) is 0. The molecular weight excluding hydrogens is 238 g/mol. The van der Waals surface area contributed by atoms with E-state index < -0.39 is 0 Å². The van der Waals surface area contributed by atoms with Gasteiger partial charge in [-0.2, -0.15) is 5.26 Å². The predicted molar refractivity (Wildman–Crippen MR) is 78.5 cm³/mol. The normalized spacial score (nSPS) is 11.2. The summed E-state index contributed by atoms with van der Waals surface area (Å²) in [7, 11) is 5.75. The molecule has 104 valence electrons. The van der Waals surface area contributed by atoms with Crippen molar-refractivity contribution in [1.82, 2.24) is 4.90 Å². The maximum Gasteiger partial charge on any atom is 0.121 e. The van der Waals surface area contributed by atoms with Gasteiger partial charge in [-0.25, -0.2) is 0 Å². The van der Waals surface area contributed by atoms with Gasteiger partial charge in [0.05, 0.1) is 18.4 Å². The molecule has 4 heteroatoms. The zero-order chi connectivity index (χ0) is 14.5. The molecule has 4 nitrogen and oxygen atoms in total. The van der Waals surface area contributed by atoms with Crippen LogP contribution in [0.4, 0.5) is 5.69 Å². The van der Waals surface area contributed by atoms with Crippen molar-refractivity contribution in [2.24, 2.45) is 5.41 Å². The molecule has 0 aliphatic rings. The van der Waals surface area contributed by atoms with Gasteiger partial charge in [-0.05, 0) is 31.6 Å². The minimum atomic E-state index is 0.124. The first kappa shape index (κ1) is 15.3. The van der Waals surface area contributed by atoms with Crippen LogP contribution in [-0.2, 0) is 0 Å². The molecule has 0 spiro atoms. The van der Waals surface area contributed by atoms with Gasteiger partial charge in [0.2, 0.25) is 0 Å². The topological polar surface area (TPSA) is 48.3 Å². The van der Waals surface area contributed by atoms with E-state index in [2.05, 4.69) is 44.2 Å². The lowest BCUT2D eigenvalue weighted by molar-refractivity contribution is 0.254. The average Bonchev–Trinajstić information content (AvgIpc) is 2.34. The molecule has 0 amide bonds. The molecule has 0 atom stereocenters. The standard InChI is InChI=1S/C15H23N3O/c1-15(2,11-18(3)4)10-17-14-8-13(19-5)7-6-12(14)9-16/h6-8,17H,10-11H2,1-5H3. The molecule has 19 heavy (non-hydrogen) atoms. The molecule has 1 aromatic rings. The average molecular weight is 261 g/mol. The molecule has 0 aliphatic carbocycles. The van der Waals surface area contributed by atoms with Crippen LogP contribution in [0.15, 0.2) is 18.2 Å². The lowest BCUT2D eigenvalue weighted by Gasteiger charge is -2.29. The third kappa shape index (κ3) is 4.80. The van der Waals surface area contributed by atoms with E-state index in [0.717, 1.165) is 24.5 Å². The molecule has 0 radical (unpaired) electrons. The first-order chi connectivity index (χ1) is 8.88. The number of hydrogen-bond donors (Lipinski definition) is 1. The Balaban J connectivity index is 2.79. The van der Waals surface area contributed by atoms with Crippen LogP contribution >= 0.6 is 0 Å². The summed E-state index contributed by atoms with van der Waals surface area (Å²) in [4.78, 5) is 2.17. The van der Waals surface area contributed by atoms with Crippen LogP contribution in [0.2, 0.25) is 0 Å². The van der Waals surface area contributed by atoms with Gasteiger partial charge in [-0.15, -0.1) is 0 Å². The molecule has 0 saturated heterocycles. The number of rotatable bonds is 6. The van der Waals surface area contributed by atoms with Crippen molar-refractivity contribution < 1.29 is 4.74 Å². The van der Waals surface area contributed by atoms with Gasteiger partial charge in [0.1, 0.15) is 11.8 Å². The molecule has 0 aromatic heterocycles. The monoisotopic (exact) mass is 261 g/mol. The van der Waals surface area contributed by atoms with Gasteiger partial charge < -0.3 is 15.0 Å². The van der Waals surface area contributed by atoms with E-state index in [4.69, 9.17) is 10.00 Å². The number of nitriles is 1. The van der Waals surface area contributed by atoms with Gasteiger partial charge in [-0.1, -0.05) is 13.8 Å². The Kier molecular flexibility index (Phi) is 5.20. The Morgan fingerprint density at radius 3 is 2.58 bits per heavy atom. The van der Waals surface area contributed by atoms with E-state index in [0.29, 0.717) is 5.56 Å². The molecule has 1 aromatic carbocycles. The predicted octanol–water partition coefficient (Wildman–Crippen LogP) is 2.57. The highest BCUT2D eigenvalue weighted by Crippen LogP contribution is 2.24. The fraction of sp³-hybridized carbons (Fsp3) is 0.533. The molecule has 0 aliphatic heterocycles. The Labute approximate surface area is 116 Å². The van der Waals surface area contributed by atoms with Gasteiger partial charge in [-0.3, -0.25) is 0 Å². The van der Waals surface area contributed by atoms with Crippen LogP contribution < -0.4 is 10.1 Å². The summed E-state index contributed by atoms with van der Waals surface area (Å²) in [6, 6.07) is 7.64. The Morgan fingerprint density at radius 1 is 1.37 bits per heavy atom. The number of anilines is 1.